The fraction of sp³-hybridized carbons (Fsp3) is 0.619. The maximum atomic E-state index is 13.0. The minimum Gasteiger partial charge on any atom is -0.440 e. The van der Waals surface area contributed by atoms with Crippen LogP contribution in [0.4, 0.5) is 0 Å². The lowest BCUT2D eigenvalue weighted by Crippen LogP contribution is -2.57. The molecule has 5 heteroatoms. The van der Waals surface area contributed by atoms with E-state index in [1.54, 1.807) is 0 Å². The van der Waals surface area contributed by atoms with Crippen molar-refractivity contribution in [2.45, 2.75) is 56.9 Å². The molecule has 0 unspecified atom stereocenters. The summed E-state index contributed by atoms with van der Waals surface area (Å²) in [5.74, 6) is 1.85. The van der Waals surface area contributed by atoms with Gasteiger partial charge in [0.15, 0.2) is 11.5 Å². The maximum Gasteiger partial charge on any atom is 0.253 e. The highest BCUT2D eigenvalue weighted by Gasteiger charge is 2.35. The second kappa shape index (κ2) is 6.69. The summed E-state index contributed by atoms with van der Waals surface area (Å²) in [5, 5.41) is 3.29. The Labute approximate surface area is 154 Å². The molecular formula is C21H27N3O2. The van der Waals surface area contributed by atoms with Gasteiger partial charge in [-0.15, -0.1) is 0 Å². The van der Waals surface area contributed by atoms with E-state index in [0.29, 0.717) is 17.4 Å². The number of para-hydroxylation sites is 1. The number of fused-ring (bicyclic) bond motifs is 4. The van der Waals surface area contributed by atoms with Gasteiger partial charge < -0.3 is 14.6 Å². The Morgan fingerprint density at radius 3 is 2.65 bits per heavy atom. The summed E-state index contributed by atoms with van der Waals surface area (Å²) in [6, 6.07) is 5.99. The van der Waals surface area contributed by atoms with Crippen LogP contribution < -0.4 is 5.32 Å². The first-order valence-corrected chi connectivity index (χ1v) is 10.2. The van der Waals surface area contributed by atoms with Crippen LogP contribution in [0.25, 0.3) is 11.1 Å². The van der Waals surface area contributed by atoms with Crippen molar-refractivity contribution in [3.05, 3.63) is 29.7 Å². The summed E-state index contributed by atoms with van der Waals surface area (Å²) in [6.45, 7) is 3.35. The van der Waals surface area contributed by atoms with Crippen LogP contribution in [-0.4, -0.2) is 41.5 Å². The largest absolute Gasteiger partial charge is 0.440 e. The molecule has 1 N–H and O–H groups in total. The molecule has 3 saturated heterocycles. The quantitative estimate of drug-likeness (QED) is 0.914. The number of amides is 1. The number of benzene rings is 1. The molecule has 1 amide bonds. The van der Waals surface area contributed by atoms with E-state index in [2.05, 4.69) is 10.2 Å². The molecule has 4 fully saturated rings. The average Bonchev–Trinajstić information content (AvgIpc) is 3.14. The highest BCUT2D eigenvalue weighted by molar-refractivity contribution is 6.04. The van der Waals surface area contributed by atoms with Crippen molar-refractivity contribution in [1.29, 1.82) is 0 Å². The van der Waals surface area contributed by atoms with Crippen molar-refractivity contribution in [1.82, 2.24) is 15.2 Å². The maximum absolute atomic E-state index is 13.0. The van der Waals surface area contributed by atoms with E-state index in [0.717, 1.165) is 36.4 Å². The molecule has 0 spiro atoms. The lowest BCUT2D eigenvalue weighted by molar-refractivity contribution is 0.0621. The van der Waals surface area contributed by atoms with E-state index >= 15 is 0 Å². The second-order valence-electron chi connectivity index (χ2n) is 8.26. The van der Waals surface area contributed by atoms with Gasteiger partial charge in [-0.25, -0.2) is 4.98 Å². The zero-order valence-corrected chi connectivity index (χ0v) is 15.2. The summed E-state index contributed by atoms with van der Waals surface area (Å²) >= 11 is 0. The van der Waals surface area contributed by atoms with Crippen LogP contribution in [0.1, 0.15) is 67.1 Å². The summed E-state index contributed by atoms with van der Waals surface area (Å²) in [5.41, 5.74) is 2.13. The monoisotopic (exact) mass is 353 g/mol. The predicted molar refractivity (Wildman–Crippen MR) is 100 cm³/mol. The number of piperidine rings is 3. The van der Waals surface area contributed by atoms with Crippen LogP contribution >= 0.6 is 0 Å². The third kappa shape index (κ3) is 2.92. The number of rotatable bonds is 3. The van der Waals surface area contributed by atoms with Crippen molar-refractivity contribution in [3.8, 4) is 0 Å². The molecule has 0 radical (unpaired) electrons. The number of carbonyl (C=O) groups excluding carboxylic acids is 1. The summed E-state index contributed by atoms with van der Waals surface area (Å²) in [4.78, 5) is 20.2. The third-order valence-electron chi connectivity index (χ3n) is 6.61. The van der Waals surface area contributed by atoms with E-state index in [1.807, 2.05) is 18.2 Å². The highest BCUT2D eigenvalue weighted by atomic mass is 16.3. The van der Waals surface area contributed by atoms with Gasteiger partial charge in [-0.1, -0.05) is 25.3 Å². The van der Waals surface area contributed by atoms with Crippen molar-refractivity contribution in [2.24, 2.45) is 5.92 Å². The lowest BCUT2D eigenvalue weighted by Gasteiger charge is -2.44. The average molecular weight is 353 g/mol. The summed E-state index contributed by atoms with van der Waals surface area (Å²) in [6.07, 6.45) is 8.49. The Morgan fingerprint density at radius 2 is 1.92 bits per heavy atom. The Bertz CT molecular complexity index is 801. The Balaban J connectivity index is 1.39. The highest BCUT2D eigenvalue weighted by Crippen LogP contribution is 2.34. The van der Waals surface area contributed by atoms with E-state index in [9.17, 15) is 4.79 Å². The first-order chi connectivity index (χ1) is 12.8. The Hall–Kier alpha value is -1.88. The molecule has 1 aromatic heterocycles. The van der Waals surface area contributed by atoms with Gasteiger partial charge >= 0.3 is 0 Å². The van der Waals surface area contributed by atoms with E-state index in [4.69, 9.17) is 9.40 Å². The van der Waals surface area contributed by atoms with Gasteiger partial charge in [0.05, 0.1) is 5.56 Å². The number of oxazole rings is 1. The van der Waals surface area contributed by atoms with Gasteiger partial charge in [-0.05, 0) is 56.8 Å². The van der Waals surface area contributed by atoms with Crippen LogP contribution in [0.15, 0.2) is 22.6 Å². The lowest BCUT2D eigenvalue weighted by atomic mass is 9.84. The van der Waals surface area contributed by atoms with E-state index < -0.39 is 0 Å². The molecule has 138 valence electrons. The van der Waals surface area contributed by atoms with Crippen molar-refractivity contribution in [3.63, 3.8) is 0 Å². The molecule has 2 aromatic rings. The molecule has 6 rings (SSSR count). The molecule has 3 aliphatic heterocycles. The number of nitrogens with one attached hydrogen (secondary N) is 1. The molecule has 1 atom stereocenters. The SMILES string of the molecule is O=C(N[C@@H]1CN2CCC1CC2)c1cccc2oc(C3CCCCC3)nc12. The molecule has 4 heterocycles. The van der Waals surface area contributed by atoms with Crippen molar-refractivity contribution < 1.29 is 9.21 Å². The van der Waals surface area contributed by atoms with Gasteiger partial charge in [0.2, 0.25) is 0 Å². The van der Waals surface area contributed by atoms with Gasteiger partial charge in [0.25, 0.3) is 5.91 Å². The molecular weight excluding hydrogens is 326 g/mol. The molecule has 1 saturated carbocycles. The number of hydrogen-bond acceptors (Lipinski definition) is 4. The predicted octanol–water partition coefficient (Wildman–Crippen LogP) is 3.70. The first-order valence-electron chi connectivity index (χ1n) is 10.2. The molecule has 5 nitrogen and oxygen atoms in total. The Morgan fingerprint density at radius 1 is 1.12 bits per heavy atom. The number of carbonyl (C=O) groups is 1. The summed E-state index contributed by atoms with van der Waals surface area (Å²) in [7, 11) is 0. The fourth-order valence-corrected chi connectivity index (χ4v) is 5.05. The number of aromatic nitrogens is 1. The van der Waals surface area contributed by atoms with Crippen molar-refractivity contribution >= 4 is 17.0 Å². The molecule has 1 aromatic carbocycles. The van der Waals surface area contributed by atoms with E-state index in [1.165, 1.54) is 45.2 Å². The number of nitrogens with zero attached hydrogens (tertiary/aromatic N) is 2. The van der Waals surface area contributed by atoms with Crippen LogP contribution in [0.2, 0.25) is 0 Å². The van der Waals surface area contributed by atoms with Crippen LogP contribution in [0.3, 0.4) is 0 Å². The van der Waals surface area contributed by atoms with Crippen molar-refractivity contribution in [2.75, 3.05) is 19.6 Å². The first kappa shape index (κ1) is 16.3. The molecule has 1 aliphatic carbocycles. The zero-order valence-electron chi connectivity index (χ0n) is 15.2. The van der Waals surface area contributed by atoms with Gasteiger partial charge in [-0.2, -0.15) is 0 Å². The second-order valence-corrected chi connectivity index (χ2v) is 8.26. The zero-order chi connectivity index (χ0) is 17.5. The minimum absolute atomic E-state index is 0.00200. The topological polar surface area (TPSA) is 58.4 Å². The van der Waals surface area contributed by atoms with Crippen LogP contribution in [0, 0.1) is 5.92 Å². The number of hydrogen-bond donors (Lipinski definition) is 1. The van der Waals surface area contributed by atoms with Gasteiger partial charge in [0.1, 0.15) is 5.52 Å². The summed E-state index contributed by atoms with van der Waals surface area (Å²) < 4.78 is 6.04. The minimum atomic E-state index is -0.00200. The smallest absolute Gasteiger partial charge is 0.253 e. The molecule has 26 heavy (non-hydrogen) atoms. The molecule has 4 aliphatic rings. The van der Waals surface area contributed by atoms with Gasteiger partial charge in [0, 0.05) is 18.5 Å². The van der Waals surface area contributed by atoms with E-state index in [-0.39, 0.29) is 11.9 Å². The van der Waals surface area contributed by atoms with Crippen LogP contribution in [-0.2, 0) is 0 Å². The third-order valence-corrected chi connectivity index (χ3v) is 6.61. The molecule has 2 bridgehead atoms. The standard InChI is InChI=1S/C21H27N3O2/c25-20(22-17-13-24-11-9-14(17)10-12-24)16-7-4-8-18-19(16)23-21(26-18)15-5-2-1-3-6-15/h4,7-8,14-15,17H,1-3,5-6,9-13H2,(H,22,25)/t17-/m1/s1. The Kier molecular flexibility index (Phi) is 4.20. The fourth-order valence-electron chi connectivity index (χ4n) is 5.05. The van der Waals surface area contributed by atoms with Gasteiger partial charge in [-0.3, -0.25) is 4.79 Å². The van der Waals surface area contributed by atoms with Crippen LogP contribution in [0.5, 0.6) is 0 Å². The normalized spacial score (nSPS) is 29.2.